The Labute approximate surface area is 134 Å². The zero-order valence-electron chi connectivity index (χ0n) is 11.1. The van der Waals surface area contributed by atoms with Gasteiger partial charge in [0.2, 0.25) is 0 Å². The lowest BCUT2D eigenvalue weighted by atomic mass is 10.2. The Bertz CT molecular complexity index is 677. The first-order valence-corrected chi connectivity index (χ1v) is 8.25. The second-order valence-corrected chi connectivity index (χ2v) is 7.21. The SMILES string of the molecule is O=C(Nc1ccc(C(=O)NC2CC2)cc1)c1csc(Br)c1. The van der Waals surface area contributed by atoms with Crippen molar-refractivity contribution in [3.05, 3.63) is 50.6 Å². The third kappa shape index (κ3) is 3.71. The van der Waals surface area contributed by atoms with Crippen LogP contribution in [0.2, 0.25) is 0 Å². The first kappa shape index (κ1) is 14.3. The van der Waals surface area contributed by atoms with E-state index in [0.29, 0.717) is 22.9 Å². The molecule has 108 valence electrons. The number of amides is 2. The van der Waals surface area contributed by atoms with Gasteiger partial charge in [-0.2, -0.15) is 0 Å². The second-order valence-electron chi connectivity index (χ2n) is 4.92. The number of anilines is 1. The van der Waals surface area contributed by atoms with Crippen LogP contribution in [-0.4, -0.2) is 17.9 Å². The van der Waals surface area contributed by atoms with Gasteiger partial charge in [-0.3, -0.25) is 9.59 Å². The normalized spacial score (nSPS) is 13.8. The lowest BCUT2D eigenvalue weighted by Crippen LogP contribution is -2.25. The maximum Gasteiger partial charge on any atom is 0.256 e. The second kappa shape index (κ2) is 5.99. The van der Waals surface area contributed by atoms with Gasteiger partial charge in [0.1, 0.15) is 0 Å². The summed E-state index contributed by atoms with van der Waals surface area (Å²) in [6, 6.07) is 9.03. The van der Waals surface area contributed by atoms with Crippen LogP contribution in [0, 0.1) is 0 Å². The van der Waals surface area contributed by atoms with E-state index in [0.717, 1.165) is 16.6 Å². The van der Waals surface area contributed by atoms with E-state index in [1.54, 1.807) is 35.7 Å². The van der Waals surface area contributed by atoms with Crippen LogP contribution in [0.15, 0.2) is 39.5 Å². The molecule has 3 rings (SSSR count). The monoisotopic (exact) mass is 364 g/mol. The van der Waals surface area contributed by atoms with Gasteiger partial charge >= 0.3 is 0 Å². The number of rotatable bonds is 4. The highest BCUT2D eigenvalue weighted by Gasteiger charge is 2.23. The van der Waals surface area contributed by atoms with E-state index in [9.17, 15) is 9.59 Å². The Kier molecular flexibility index (Phi) is 4.07. The van der Waals surface area contributed by atoms with Crippen molar-refractivity contribution in [2.45, 2.75) is 18.9 Å². The molecular formula is C15H13BrN2O2S. The van der Waals surface area contributed by atoms with Crippen molar-refractivity contribution in [3.8, 4) is 0 Å². The Morgan fingerprint density at radius 1 is 1.10 bits per heavy atom. The Balaban J connectivity index is 1.63. The van der Waals surface area contributed by atoms with Crippen molar-refractivity contribution < 1.29 is 9.59 Å². The predicted octanol–water partition coefficient (Wildman–Crippen LogP) is 3.66. The van der Waals surface area contributed by atoms with Crippen LogP contribution in [-0.2, 0) is 0 Å². The minimum atomic E-state index is -0.160. The highest BCUT2D eigenvalue weighted by Crippen LogP contribution is 2.22. The smallest absolute Gasteiger partial charge is 0.256 e. The van der Waals surface area contributed by atoms with Crippen LogP contribution in [0.4, 0.5) is 5.69 Å². The number of carbonyl (C=O) groups excluding carboxylic acids is 2. The molecule has 4 nitrogen and oxygen atoms in total. The van der Waals surface area contributed by atoms with Crippen molar-refractivity contribution >= 4 is 44.8 Å². The molecule has 1 aromatic heterocycles. The maximum absolute atomic E-state index is 12.0. The molecule has 0 spiro atoms. The van der Waals surface area contributed by atoms with Crippen LogP contribution < -0.4 is 10.6 Å². The Morgan fingerprint density at radius 3 is 2.38 bits per heavy atom. The van der Waals surface area contributed by atoms with Crippen molar-refractivity contribution in [1.82, 2.24) is 5.32 Å². The molecule has 6 heteroatoms. The molecule has 1 saturated carbocycles. The number of thiophene rings is 1. The van der Waals surface area contributed by atoms with Gasteiger partial charge in [0.25, 0.3) is 11.8 Å². The van der Waals surface area contributed by atoms with Crippen molar-refractivity contribution in [1.29, 1.82) is 0 Å². The average Bonchev–Trinajstić information content (AvgIpc) is 3.17. The fraction of sp³-hybridized carbons (Fsp3) is 0.200. The topological polar surface area (TPSA) is 58.2 Å². The van der Waals surface area contributed by atoms with E-state index in [2.05, 4.69) is 26.6 Å². The largest absolute Gasteiger partial charge is 0.349 e. The van der Waals surface area contributed by atoms with Gasteiger partial charge < -0.3 is 10.6 Å². The van der Waals surface area contributed by atoms with Gasteiger partial charge in [0, 0.05) is 22.7 Å². The zero-order valence-corrected chi connectivity index (χ0v) is 13.5. The summed E-state index contributed by atoms with van der Waals surface area (Å²) in [6.07, 6.45) is 2.13. The Hall–Kier alpha value is -1.66. The quantitative estimate of drug-likeness (QED) is 0.869. The van der Waals surface area contributed by atoms with Gasteiger partial charge in [0.15, 0.2) is 0 Å². The fourth-order valence-corrected chi connectivity index (χ4v) is 2.97. The van der Waals surface area contributed by atoms with E-state index in [4.69, 9.17) is 0 Å². The third-order valence-electron chi connectivity index (χ3n) is 3.15. The summed E-state index contributed by atoms with van der Waals surface area (Å²) < 4.78 is 0.916. The molecule has 1 fully saturated rings. The zero-order chi connectivity index (χ0) is 14.8. The molecule has 21 heavy (non-hydrogen) atoms. The van der Waals surface area contributed by atoms with Crippen LogP contribution in [0.3, 0.4) is 0 Å². The fourth-order valence-electron chi connectivity index (χ4n) is 1.83. The molecule has 2 amide bonds. The third-order valence-corrected chi connectivity index (χ3v) is 4.65. The molecule has 0 radical (unpaired) electrons. The maximum atomic E-state index is 12.0. The molecule has 0 atom stereocenters. The first-order chi connectivity index (χ1) is 10.1. The van der Waals surface area contributed by atoms with Gasteiger partial charge in [-0.15, -0.1) is 11.3 Å². The summed E-state index contributed by atoms with van der Waals surface area (Å²) in [4.78, 5) is 23.8. The lowest BCUT2D eigenvalue weighted by molar-refractivity contribution is 0.0950. The van der Waals surface area contributed by atoms with Crippen LogP contribution in [0.5, 0.6) is 0 Å². The molecule has 1 heterocycles. The van der Waals surface area contributed by atoms with E-state index in [1.807, 2.05) is 0 Å². The summed E-state index contributed by atoms with van der Waals surface area (Å²) in [6.45, 7) is 0. The van der Waals surface area contributed by atoms with Gasteiger partial charge in [-0.1, -0.05) is 0 Å². The molecular weight excluding hydrogens is 352 g/mol. The molecule has 0 saturated heterocycles. The summed E-state index contributed by atoms with van der Waals surface area (Å²) >= 11 is 4.79. The molecule has 1 aliphatic rings. The average molecular weight is 365 g/mol. The van der Waals surface area contributed by atoms with E-state index in [-0.39, 0.29) is 11.8 Å². The Morgan fingerprint density at radius 2 is 1.81 bits per heavy atom. The summed E-state index contributed by atoms with van der Waals surface area (Å²) in [7, 11) is 0. The number of benzene rings is 1. The lowest BCUT2D eigenvalue weighted by Gasteiger charge is -2.06. The molecule has 2 aromatic rings. The van der Waals surface area contributed by atoms with E-state index >= 15 is 0 Å². The van der Waals surface area contributed by atoms with Crippen LogP contribution in [0.25, 0.3) is 0 Å². The number of nitrogens with one attached hydrogen (secondary N) is 2. The predicted molar refractivity (Wildman–Crippen MR) is 86.9 cm³/mol. The molecule has 1 aromatic carbocycles. The van der Waals surface area contributed by atoms with E-state index < -0.39 is 0 Å². The summed E-state index contributed by atoms with van der Waals surface area (Å²) in [5.41, 5.74) is 1.89. The molecule has 1 aliphatic carbocycles. The van der Waals surface area contributed by atoms with Crippen LogP contribution >= 0.6 is 27.3 Å². The van der Waals surface area contributed by atoms with Crippen LogP contribution in [0.1, 0.15) is 33.6 Å². The molecule has 0 aliphatic heterocycles. The van der Waals surface area contributed by atoms with E-state index in [1.165, 1.54) is 11.3 Å². The number of hydrogen-bond acceptors (Lipinski definition) is 3. The standard InChI is InChI=1S/C15H13BrN2O2S/c16-13-7-10(8-21-13)15(20)18-11-3-1-9(2-4-11)14(19)17-12-5-6-12/h1-4,7-8,12H,5-6H2,(H,17,19)(H,18,20). The first-order valence-electron chi connectivity index (χ1n) is 6.58. The van der Waals surface area contributed by atoms with Crippen molar-refractivity contribution in [3.63, 3.8) is 0 Å². The minimum Gasteiger partial charge on any atom is -0.349 e. The van der Waals surface area contributed by atoms with Crippen molar-refractivity contribution in [2.75, 3.05) is 5.32 Å². The van der Waals surface area contributed by atoms with Gasteiger partial charge in [-0.25, -0.2) is 0 Å². The molecule has 2 N–H and O–H groups in total. The summed E-state index contributed by atoms with van der Waals surface area (Å²) in [5, 5.41) is 7.52. The molecule has 0 bridgehead atoms. The number of hydrogen-bond donors (Lipinski definition) is 2. The molecule has 0 unspecified atom stereocenters. The minimum absolute atomic E-state index is 0.0582. The highest BCUT2D eigenvalue weighted by molar-refractivity contribution is 9.11. The van der Waals surface area contributed by atoms with Crippen molar-refractivity contribution in [2.24, 2.45) is 0 Å². The van der Waals surface area contributed by atoms with Gasteiger partial charge in [0.05, 0.1) is 9.35 Å². The number of carbonyl (C=O) groups is 2. The summed E-state index contributed by atoms with van der Waals surface area (Å²) in [5.74, 6) is -0.218. The van der Waals surface area contributed by atoms with Gasteiger partial charge in [-0.05, 0) is 59.1 Å². The highest BCUT2D eigenvalue weighted by atomic mass is 79.9. The number of halogens is 1.